The maximum Gasteiger partial charge on any atom is 0.352 e. The highest BCUT2D eigenvalue weighted by Crippen LogP contribution is 2.12. The molecule has 17 heavy (non-hydrogen) atoms. The Bertz CT molecular complexity index is 473. The Labute approximate surface area is 98.8 Å². The number of carbonyl (C=O) groups excluding carboxylic acids is 1. The van der Waals surface area contributed by atoms with Crippen molar-refractivity contribution in [3.8, 4) is 0 Å². The van der Waals surface area contributed by atoms with Crippen LogP contribution in [0.15, 0.2) is 4.79 Å². The molecule has 0 radical (unpaired) electrons. The number of H-pyrrole nitrogens is 1. The molecule has 0 aliphatic rings. The van der Waals surface area contributed by atoms with Gasteiger partial charge in [0.05, 0.1) is 0 Å². The molecule has 0 atom stereocenters. The zero-order valence-electron chi connectivity index (χ0n) is 10.7. The van der Waals surface area contributed by atoms with Gasteiger partial charge in [0, 0.05) is 5.54 Å². The van der Waals surface area contributed by atoms with Gasteiger partial charge in [-0.05, 0) is 34.6 Å². The molecule has 0 fully saturated rings. The van der Waals surface area contributed by atoms with Gasteiger partial charge in [-0.15, -0.1) is 9.78 Å². The predicted octanol–water partition coefficient (Wildman–Crippen LogP) is 0.155. The molecule has 1 aromatic rings. The van der Waals surface area contributed by atoms with E-state index in [9.17, 15) is 14.7 Å². The van der Waals surface area contributed by atoms with E-state index >= 15 is 0 Å². The Kier molecular flexibility index (Phi) is 3.15. The van der Waals surface area contributed by atoms with E-state index in [1.54, 1.807) is 20.8 Å². The Hall–Kier alpha value is -1.63. The molecule has 0 spiro atoms. The maximum atomic E-state index is 11.7. The minimum Gasteiger partial charge on any atom is -0.382 e. The summed E-state index contributed by atoms with van der Waals surface area (Å²) in [5.41, 5.74) is -2.44. The van der Waals surface area contributed by atoms with Crippen LogP contribution in [0.2, 0.25) is 0 Å². The Morgan fingerprint density at radius 1 is 1.35 bits per heavy atom. The molecule has 0 saturated carbocycles. The molecule has 1 rings (SSSR count). The molecule has 0 aliphatic heterocycles. The highest BCUT2D eigenvalue weighted by Gasteiger charge is 2.25. The van der Waals surface area contributed by atoms with Gasteiger partial charge in [0.1, 0.15) is 5.60 Å². The molecule has 1 aromatic heterocycles. The minimum atomic E-state index is -1.30. The highest BCUT2D eigenvalue weighted by atomic mass is 16.3. The standard InChI is InChI=1S/C10H18N4O3/c1-9(2,3)12-8(16)14-7(15)11-6(13-14)10(4,5)17/h17H,1-5H3,(H,12,16)(H,11,13,15). The summed E-state index contributed by atoms with van der Waals surface area (Å²) in [7, 11) is 0. The van der Waals surface area contributed by atoms with Crippen molar-refractivity contribution in [2.45, 2.75) is 45.8 Å². The first-order valence-corrected chi connectivity index (χ1v) is 5.25. The smallest absolute Gasteiger partial charge is 0.352 e. The molecule has 0 aliphatic carbocycles. The second-order valence-corrected chi connectivity index (χ2v) is 5.43. The van der Waals surface area contributed by atoms with Crippen LogP contribution in [0, 0.1) is 0 Å². The van der Waals surface area contributed by atoms with E-state index in [2.05, 4.69) is 15.4 Å². The van der Waals surface area contributed by atoms with E-state index in [1.165, 1.54) is 13.8 Å². The number of nitrogens with one attached hydrogen (secondary N) is 2. The number of hydrogen-bond acceptors (Lipinski definition) is 4. The average molecular weight is 242 g/mol. The highest BCUT2D eigenvalue weighted by molar-refractivity contribution is 5.76. The number of aromatic nitrogens is 3. The van der Waals surface area contributed by atoms with Crippen molar-refractivity contribution in [3.63, 3.8) is 0 Å². The second-order valence-electron chi connectivity index (χ2n) is 5.43. The number of aromatic amines is 1. The van der Waals surface area contributed by atoms with Gasteiger partial charge in [-0.2, -0.15) is 0 Å². The van der Waals surface area contributed by atoms with E-state index in [0.717, 1.165) is 0 Å². The largest absolute Gasteiger partial charge is 0.382 e. The number of hydrogen-bond donors (Lipinski definition) is 3. The Balaban J connectivity index is 3.05. The zero-order chi connectivity index (χ0) is 13.4. The van der Waals surface area contributed by atoms with Crippen LogP contribution in [0.4, 0.5) is 4.79 Å². The van der Waals surface area contributed by atoms with Gasteiger partial charge < -0.3 is 10.4 Å². The molecule has 96 valence electrons. The normalized spacial score (nSPS) is 12.6. The summed E-state index contributed by atoms with van der Waals surface area (Å²) >= 11 is 0. The van der Waals surface area contributed by atoms with Crippen molar-refractivity contribution in [1.29, 1.82) is 0 Å². The second kappa shape index (κ2) is 3.99. The van der Waals surface area contributed by atoms with E-state index in [-0.39, 0.29) is 5.82 Å². The number of nitrogens with zero attached hydrogens (tertiary/aromatic N) is 2. The molecule has 7 nitrogen and oxygen atoms in total. The fourth-order valence-corrected chi connectivity index (χ4v) is 1.11. The van der Waals surface area contributed by atoms with Crippen molar-refractivity contribution in [2.24, 2.45) is 0 Å². The van der Waals surface area contributed by atoms with E-state index in [1.807, 2.05) is 0 Å². The van der Waals surface area contributed by atoms with Crippen LogP contribution in [-0.4, -0.2) is 31.4 Å². The maximum absolute atomic E-state index is 11.7. The summed E-state index contributed by atoms with van der Waals surface area (Å²) < 4.78 is 0.665. The van der Waals surface area contributed by atoms with Crippen molar-refractivity contribution in [3.05, 3.63) is 16.3 Å². The van der Waals surface area contributed by atoms with Crippen LogP contribution in [-0.2, 0) is 5.60 Å². The number of carbonyl (C=O) groups is 1. The van der Waals surface area contributed by atoms with Gasteiger partial charge in [0.25, 0.3) is 0 Å². The van der Waals surface area contributed by atoms with Crippen LogP contribution >= 0.6 is 0 Å². The molecule has 1 amide bonds. The molecule has 0 saturated heterocycles. The first-order valence-electron chi connectivity index (χ1n) is 5.25. The van der Waals surface area contributed by atoms with Crippen molar-refractivity contribution >= 4 is 6.03 Å². The van der Waals surface area contributed by atoms with E-state index < -0.39 is 22.9 Å². The fourth-order valence-electron chi connectivity index (χ4n) is 1.11. The number of rotatable bonds is 1. The lowest BCUT2D eigenvalue weighted by molar-refractivity contribution is 0.0687. The first kappa shape index (κ1) is 13.4. The van der Waals surface area contributed by atoms with Crippen LogP contribution in [0.3, 0.4) is 0 Å². The molecule has 0 aromatic carbocycles. The SMILES string of the molecule is CC(C)(C)NC(=O)n1nc(C(C)(C)O)[nH]c1=O. The van der Waals surface area contributed by atoms with Gasteiger partial charge in [-0.25, -0.2) is 9.59 Å². The van der Waals surface area contributed by atoms with E-state index in [4.69, 9.17) is 0 Å². The van der Waals surface area contributed by atoms with Gasteiger partial charge >= 0.3 is 11.7 Å². The first-order chi connectivity index (χ1) is 7.50. The van der Waals surface area contributed by atoms with Gasteiger partial charge in [0.15, 0.2) is 5.82 Å². The summed E-state index contributed by atoms with van der Waals surface area (Å²) in [5, 5.41) is 16.0. The third kappa shape index (κ3) is 3.42. The van der Waals surface area contributed by atoms with Crippen molar-refractivity contribution in [2.75, 3.05) is 0 Å². The zero-order valence-corrected chi connectivity index (χ0v) is 10.7. The van der Waals surface area contributed by atoms with Crippen molar-refractivity contribution < 1.29 is 9.90 Å². The average Bonchev–Trinajstić information content (AvgIpc) is 2.42. The predicted molar refractivity (Wildman–Crippen MR) is 61.8 cm³/mol. The number of amides is 1. The van der Waals surface area contributed by atoms with Crippen LogP contribution < -0.4 is 11.0 Å². The van der Waals surface area contributed by atoms with Gasteiger partial charge in [-0.1, -0.05) is 0 Å². The van der Waals surface area contributed by atoms with Gasteiger partial charge in [-0.3, -0.25) is 4.98 Å². The quantitative estimate of drug-likeness (QED) is 0.652. The van der Waals surface area contributed by atoms with Crippen LogP contribution in [0.1, 0.15) is 40.4 Å². The Morgan fingerprint density at radius 2 is 1.88 bits per heavy atom. The minimum absolute atomic E-state index is 0.0477. The van der Waals surface area contributed by atoms with Crippen molar-refractivity contribution in [1.82, 2.24) is 20.1 Å². The molecule has 0 bridgehead atoms. The van der Waals surface area contributed by atoms with Gasteiger partial charge in [0.2, 0.25) is 0 Å². The molecule has 3 N–H and O–H groups in total. The summed E-state index contributed by atoms with van der Waals surface area (Å²) in [6, 6.07) is -0.630. The number of aliphatic hydroxyl groups is 1. The fraction of sp³-hybridized carbons (Fsp3) is 0.700. The summed E-state index contributed by atoms with van der Waals surface area (Å²) in [6.45, 7) is 8.31. The third-order valence-corrected chi connectivity index (χ3v) is 1.87. The topological polar surface area (TPSA) is 100 Å². The van der Waals surface area contributed by atoms with E-state index in [0.29, 0.717) is 4.68 Å². The molecule has 0 unspecified atom stereocenters. The lowest BCUT2D eigenvalue weighted by Gasteiger charge is -2.19. The van der Waals surface area contributed by atoms with Crippen LogP contribution in [0.5, 0.6) is 0 Å². The summed E-state index contributed by atoms with van der Waals surface area (Å²) in [5.74, 6) is 0.0477. The summed E-state index contributed by atoms with van der Waals surface area (Å²) in [4.78, 5) is 25.5. The molecular weight excluding hydrogens is 224 g/mol. The monoisotopic (exact) mass is 242 g/mol. The molecule has 7 heteroatoms. The molecular formula is C10H18N4O3. The lowest BCUT2D eigenvalue weighted by atomic mass is 10.1. The summed E-state index contributed by atoms with van der Waals surface area (Å²) in [6.07, 6.45) is 0. The third-order valence-electron chi connectivity index (χ3n) is 1.87. The Morgan fingerprint density at radius 3 is 2.24 bits per heavy atom. The lowest BCUT2D eigenvalue weighted by Crippen LogP contribution is -2.46. The van der Waals surface area contributed by atoms with Crippen LogP contribution in [0.25, 0.3) is 0 Å². The molecule has 1 heterocycles.